The van der Waals surface area contributed by atoms with Crippen LogP contribution in [-0.2, 0) is 4.74 Å². The van der Waals surface area contributed by atoms with Crippen LogP contribution in [0.4, 0.5) is 18.0 Å². The van der Waals surface area contributed by atoms with Crippen LogP contribution in [0.15, 0.2) is 0 Å². The molecule has 0 unspecified atom stereocenters. The third-order valence-corrected chi connectivity index (χ3v) is 1.73. The van der Waals surface area contributed by atoms with Crippen molar-refractivity contribution >= 4 is 18.5 Å². The van der Waals surface area contributed by atoms with Gasteiger partial charge in [-0.25, -0.2) is 4.79 Å². The lowest BCUT2D eigenvalue weighted by molar-refractivity contribution is -0.160. The smallest absolute Gasteiger partial charge is 0.422 e. The van der Waals surface area contributed by atoms with Gasteiger partial charge in [0.25, 0.3) is 0 Å². The van der Waals surface area contributed by atoms with Gasteiger partial charge >= 0.3 is 12.3 Å². The zero-order valence-electron chi connectivity index (χ0n) is 9.71. The summed E-state index contributed by atoms with van der Waals surface area (Å²) < 4.78 is 39.1. The molecule has 1 amide bonds. The topological polar surface area (TPSA) is 64.3 Å². The minimum absolute atomic E-state index is 0. The van der Waals surface area contributed by atoms with Gasteiger partial charge in [0.15, 0.2) is 6.61 Å². The number of nitrogens with two attached hydrogens (primary N) is 1. The number of hydrogen-bond acceptors (Lipinski definition) is 3. The number of ether oxygens (including phenoxy) is 1. The van der Waals surface area contributed by atoms with Gasteiger partial charge in [0.2, 0.25) is 0 Å². The van der Waals surface area contributed by atoms with Crippen molar-refractivity contribution in [2.45, 2.75) is 32.5 Å². The third-order valence-electron chi connectivity index (χ3n) is 1.73. The Morgan fingerprint density at radius 1 is 1.41 bits per heavy atom. The van der Waals surface area contributed by atoms with Crippen LogP contribution < -0.4 is 11.1 Å². The lowest BCUT2D eigenvalue weighted by Gasteiger charge is -2.18. The number of carbonyl (C=O) groups excluding carboxylic acids is 1. The molecule has 0 spiro atoms. The van der Waals surface area contributed by atoms with Crippen molar-refractivity contribution in [1.29, 1.82) is 0 Å². The quantitative estimate of drug-likeness (QED) is 0.809. The van der Waals surface area contributed by atoms with E-state index in [1.54, 1.807) is 0 Å². The van der Waals surface area contributed by atoms with Gasteiger partial charge in [0.05, 0.1) is 0 Å². The van der Waals surface area contributed by atoms with E-state index in [0.717, 1.165) is 0 Å². The average Bonchev–Trinajstić information content (AvgIpc) is 2.12. The van der Waals surface area contributed by atoms with Crippen LogP contribution in [0.25, 0.3) is 0 Å². The fraction of sp³-hybridized carbons (Fsp3) is 0.889. The summed E-state index contributed by atoms with van der Waals surface area (Å²) in [5.74, 6) is 0.288. The molecule has 17 heavy (non-hydrogen) atoms. The molecule has 0 aromatic carbocycles. The lowest BCUT2D eigenvalue weighted by atomic mass is 10.0. The van der Waals surface area contributed by atoms with E-state index in [1.165, 1.54) is 0 Å². The van der Waals surface area contributed by atoms with Crippen LogP contribution >= 0.6 is 12.4 Å². The number of halogens is 4. The van der Waals surface area contributed by atoms with Gasteiger partial charge < -0.3 is 15.8 Å². The zero-order chi connectivity index (χ0) is 12.8. The van der Waals surface area contributed by atoms with E-state index in [2.05, 4.69) is 10.1 Å². The standard InChI is InChI=1S/C9H17F3N2O2.ClH/c1-6(2)3-7(4-13)14-8(15)16-5-9(10,11)12;/h6-7H,3-5,13H2,1-2H3,(H,14,15);1H/t7-;/m0./s1. The highest BCUT2D eigenvalue weighted by atomic mass is 35.5. The molecule has 0 radical (unpaired) electrons. The lowest BCUT2D eigenvalue weighted by Crippen LogP contribution is -2.42. The minimum Gasteiger partial charge on any atom is -0.440 e. The summed E-state index contributed by atoms with van der Waals surface area (Å²) in [6.45, 7) is 2.42. The summed E-state index contributed by atoms with van der Waals surface area (Å²) in [6.07, 6.45) is -5.00. The van der Waals surface area contributed by atoms with Crippen molar-refractivity contribution in [3.05, 3.63) is 0 Å². The molecule has 0 heterocycles. The molecular formula is C9H18ClF3N2O2. The van der Waals surface area contributed by atoms with Gasteiger partial charge in [-0.2, -0.15) is 13.2 Å². The molecule has 8 heteroatoms. The Hall–Kier alpha value is -0.690. The first kappa shape index (κ1) is 18.7. The van der Waals surface area contributed by atoms with Crippen molar-refractivity contribution in [2.75, 3.05) is 13.2 Å². The van der Waals surface area contributed by atoms with Gasteiger partial charge in [-0.1, -0.05) is 13.8 Å². The Morgan fingerprint density at radius 2 is 1.94 bits per heavy atom. The Labute approximate surface area is 104 Å². The average molecular weight is 279 g/mol. The molecule has 0 aromatic rings. The number of amides is 1. The number of rotatable bonds is 5. The fourth-order valence-electron chi connectivity index (χ4n) is 1.14. The number of carbonyl (C=O) groups is 1. The van der Waals surface area contributed by atoms with Crippen molar-refractivity contribution < 1.29 is 22.7 Å². The number of nitrogens with one attached hydrogen (secondary N) is 1. The van der Waals surface area contributed by atoms with Crippen LogP contribution in [0.3, 0.4) is 0 Å². The van der Waals surface area contributed by atoms with E-state index in [-0.39, 0.29) is 30.9 Å². The van der Waals surface area contributed by atoms with E-state index < -0.39 is 18.9 Å². The van der Waals surface area contributed by atoms with Crippen molar-refractivity contribution in [3.8, 4) is 0 Å². The Bertz CT molecular complexity index is 225. The molecular weight excluding hydrogens is 261 g/mol. The molecule has 0 aliphatic heterocycles. The van der Waals surface area contributed by atoms with Crippen LogP contribution in [0.5, 0.6) is 0 Å². The fourth-order valence-corrected chi connectivity index (χ4v) is 1.14. The summed E-state index contributed by atoms with van der Waals surface area (Å²) >= 11 is 0. The molecule has 0 rings (SSSR count). The van der Waals surface area contributed by atoms with E-state index in [4.69, 9.17) is 5.73 Å². The number of alkyl halides is 3. The SMILES string of the molecule is CC(C)C[C@@H](CN)NC(=O)OCC(F)(F)F.Cl. The first-order valence-electron chi connectivity index (χ1n) is 4.94. The van der Waals surface area contributed by atoms with E-state index in [9.17, 15) is 18.0 Å². The summed E-state index contributed by atoms with van der Waals surface area (Å²) in [7, 11) is 0. The molecule has 0 bridgehead atoms. The molecule has 0 aliphatic carbocycles. The van der Waals surface area contributed by atoms with Gasteiger partial charge in [-0.05, 0) is 12.3 Å². The predicted octanol–water partition coefficient (Wildman–Crippen LogP) is 2.07. The van der Waals surface area contributed by atoms with Crippen LogP contribution in [0, 0.1) is 5.92 Å². The second-order valence-electron chi connectivity index (χ2n) is 3.90. The van der Waals surface area contributed by atoms with Crippen LogP contribution in [0.1, 0.15) is 20.3 Å². The maximum Gasteiger partial charge on any atom is 0.422 e. The van der Waals surface area contributed by atoms with Gasteiger partial charge in [0, 0.05) is 12.6 Å². The Kier molecular flexibility index (Phi) is 9.23. The highest BCUT2D eigenvalue weighted by Gasteiger charge is 2.29. The van der Waals surface area contributed by atoms with E-state index in [1.807, 2.05) is 13.8 Å². The van der Waals surface area contributed by atoms with Gasteiger partial charge in [0.1, 0.15) is 0 Å². The second kappa shape index (κ2) is 8.41. The van der Waals surface area contributed by atoms with Crippen LogP contribution in [0.2, 0.25) is 0 Å². The molecule has 3 N–H and O–H groups in total. The molecule has 0 fully saturated rings. The molecule has 0 saturated carbocycles. The van der Waals surface area contributed by atoms with E-state index in [0.29, 0.717) is 6.42 Å². The molecule has 0 aromatic heterocycles. The predicted molar refractivity (Wildman–Crippen MR) is 60.1 cm³/mol. The minimum atomic E-state index is -4.51. The highest BCUT2D eigenvalue weighted by Crippen LogP contribution is 2.14. The van der Waals surface area contributed by atoms with Crippen molar-refractivity contribution in [3.63, 3.8) is 0 Å². The van der Waals surface area contributed by atoms with Crippen molar-refractivity contribution in [1.82, 2.24) is 5.32 Å². The first-order valence-corrected chi connectivity index (χ1v) is 4.94. The molecule has 104 valence electrons. The molecule has 0 saturated heterocycles. The van der Waals surface area contributed by atoms with Crippen molar-refractivity contribution in [2.24, 2.45) is 11.7 Å². The van der Waals surface area contributed by atoms with Gasteiger partial charge in [-0.15, -0.1) is 12.4 Å². The molecule has 0 aliphatic rings. The largest absolute Gasteiger partial charge is 0.440 e. The summed E-state index contributed by atoms with van der Waals surface area (Å²) in [5.41, 5.74) is 5.36. The highest BCUT2D eigenvalue weighted by molar-refractivity contribution is 5.85. The monoisotopic (exact) mass is 278 g/mol. The maximum atomic E-state index is 11.7. The summed E-state index contributed by atoms with van der Waals surface area (Å²) in [6, 6.07) is -0.360. The number of hydrogen-bond donors (Lipinski definition) is 2. The Balaban J connectivity index is 0. The number of alkyl carbamates (subject to hydrolysis) is 1. The molecule has 1 atom stereocenters. The summed E-state index contributed by atoms with van der Waals surface area (Å²) in [4.78, 5) is 11.0. The maximum absolute atomic E-state index is 11.7. The first-order chi connectivity index (χ1) is 7.24. The van der Waals surface area contributed by atoms with Gasteiger partial charge in [-0.3, -0.25) is 0 Å². The van der Waals surface area contributed by atoms with Crippen LogP contribution in [-0.4, -0.2) is 31.5 Å². The second-order valence-corrected chi connectivity index (χ2v) is 3.90. The molecule has 4 nitrogen and oxygen atoms in total. The third kappa shape index (κ3) is 11.6. The normalized spacial score (nSPS) is 12.9. The zero-order valence-corrected chi connectivity index (χ0v) is 10.5. The Morgan fingerprint density at radius 3 is 2.29 bits per heavy atom. The van der Waals surface area contributed by atoms with E-state index >= 15 is 0 Å². The summed E-state index contributed by atoms with van der Waals surface area (Å²) in [5, 5.41) is 2.28.